The Hall–Kier alpha value is -1.56. The summed E-state index contributed by atoms with van der Waals surface area (Å²) in [4.78, 5) is 13.1. The maximum atomic E-state index is 5.86. The molecule has 0 amide bonds. The Morgan fingerprint density at radius 2 is 1.95 bits per heavy atom. The topological polar surface area (TPSA) is 70.3 Å². The molecule has 0 aliphatic heterocycles. The smallest absolute Gasteiger partial charge is 0.223 e. The van der Waals surface area contributed by atoms with Crippen LogP contribution in [0.15, 0.2) is 6.07 Å². The van der Waals surface area contributed by atoms with Crippen molar-refractivity contribution in [3.8, 4) is 0 Å². The molecule has 6 heteroatoms. The van der Waals surface area contributed by atoms with E-state index in [1.807, 2.05) is 6.07 Å². The molecular weight excluding hydrogens is 264 g/mol. The van der Waals surface area contributed by atoms with E-state index in [0.29, 0.717) is 11.9 Å². The fourth-order valence-corrected chi connectivity index (χ4v) is 2.02. The molecule has 0 radical (unpaired) electrons. The molecule has 1 rings (SSSR count). The summed E-state index contributed by atoms with van der Waals surface area (Å²) < 4.78 is 0. The van der Waals surface area contributed by atoms with E-state index in [9.17, 15) is 0 Å². The third-order valence-corrected chi connectivity index (χ3v) is 3.01. The molecule has 0 saturated carbocycles. The quantitative estimate of drug-likeness (QED) is 0.725. The number of hydrogen-bond donors (Lipinski definition) is 2. The van der Waals surface area contributed by atoms with Gasteiger partial charge in [0.1, 0.15) is 11.6 Å². The van der Waals surface area contributed by atoms with Crippen LogP contribution in [0.25, 0.3) is 0 Å². The average Bonchev–Trinajstić information content (AvgIpc) is 2.40. The molecule has 0 aliphatic rings. The van der Waals surface area contributed by atoms with Crippen molar-refractivity contribution in [3.63, 3.8) is 0 Å². The van der Waals surface area contributed by atoms with Crippen LogP contribution in [0.3, 0.4) is 0 Å². The summed E-state index contributed by atoms with van der Waals surface area (Å²) in [6, 6.07) is 1.99. The highest BCUT2D eigenvalue weighted by Gasteiger charge is 2.12. The Morgan fingerprint density at radius 1 is 1.24 bits per heavy atom. The highest BCUT2D eigenvalue weighted by molar-refractivity contribution is 5.52. The minimum Gasteiger partial charge on any atom is -0.370 e. The molecular formula is C15H30N6. The van der Waals surface area contributed by atoms with E-state index in [4.69, 9.17) is 5.73 Å². The van der Waals surface area contributed by atoms with Crippen LogP contribution in [-0.2, 0) is 0 Å². The molecule has 0 atom stereocenters. The normalized spacial score (nSPS) is 11.2. The van der Waals surface area contributed by atoms with Gasteiger partial charge >= 0.3 is 0 Å². The first kappa shape index (κ1) is 17.5. The molecule has 0 saturated heterocycles. The number of hydrogen-bond acceptors (Lipinski definition) is 6. The van der Waals surface area contributed by atoms with Crippen LogP contribution in [-0.4, -0.2) is 55.1 Å². The van der Waals surface area contributed by atoms with E-state index in [0.717, 1.165) is 44.2 Å². The molecule has 0 fully saturated rings. The number of anilines is 3. The van der Waals surface area contributed by atoms with Crippen LogP contribution in [0.5, 0.6) is 0 Å². The van der Waals surface area contributed by atoms with E-state index >= 15 is 0 Å². The van der Waals surface area contributed by atoms with Crippen LogP contribution >= 0.6 is 0 Å². The van der Waals surface area contributed by atoms with E-state index in [2.05, 4.69) is 60.0 Å². The van der Waals surface area contributed by atoms with Gasteiger partial charge in [0.2, 0.25) is 5.95 Å². The molecule has 0 unspecified atom stereocenters. The summed E-state index contributed by atoms with van der Waals surface area (Å²) in [5.74, 6) is 2.59. The van der Waals surface area contributed by atoms with Crippen molar-refractivity contribution in [1.82, 2.24) is 14.9 Å². The monoisotopic (exact) mass is 294 g/mol. The number of nitrogens with two attached hydrogens (primary N) is 1. The summed E-state index contributed by atoms with van der Waals surface area (Å²) in [6.45, 7) is 10.3. The molecule has 120 valence electrons. The van der Waals surface area contributed by atoms with E-state index in [1.54, 1.807) is 0 Å². The van der Waals surface area contributed by atoms with Gasteiger partial charge in [0.05, 0.1) is 0 Å². The lowest BCUT2D eigenvalue weighted by molar-refractivity contribution is 0.408. The number of nitrogens with one attached hydrogen (secondary N) is 1. The molecule has 0 aliphatic carbocycles. The maximum absolute atomic E-state index is 5.86. The van der Waals surface area contributed by atoms with Gasteiger partial charge in [0.15, 0.2) is 0 Å². The summed E-state index contributed by atoms with van der Waals surface area (Å²) in [5.41, 5.74) is 5.86. The first-order chi connectivity index (χ1) is 9.92. The third kappa shape index (κ3) is 6.62. The largest absolute Gasteiger partial charge is 0.370 e. The second-order valence-electron chi connectivity index (χ2n) is 6.04. The lowest BCUT2D eigenvalue weighted by atomic mass is 10.2. The molecule has 1 aromatic rings. The average molecular weight is 294 g/mol. The molecule has 0 spiro atoms. The minimum absolute atomic E-state index is 0.324. The second kappa shape index (κ2) is 8.67. The molecule has 1 heterocycles. The van der Waals surface area contributed by atoms with Crippen LogP contribution in [0.2, 0.25) is 0 Å². The van der Waals surface area contributed by atoms with Gasteiger partial charge < -0.3 is 20.9 Å². The predicted molar refractivity (Wildman–Crippen MR) is 90.8 cm³/mol. The lowest BCUT2D eigenvalue weighted by Gasteiger charge is -2.27. The van der Waals surface area contributed by atoms with Gasteiger partial charge in [0.25, 0.3) is 0 Å². The zero-order chi connectivity index (χ0) is 15.8. The summed E-state index contributed by atoms with van der Waals surface area (Å²) in [7, 11) is 4.16. The molecule has 3 N–H and O–H groups in total. The van der Waals surface area contributed by atoms with Crippen molar-refractivity contribution in [2.45, 2.75) is 27.2 Å². The van der Waals surface area contributed by atoms with Crippen molar-refractivity contribution in [2.24, 2.45) is 5.92 Å². The SMILES string of the molecule is CCCNc1cc(N(CCN(C)C)CC(C)C)nc(N)n1. The standard InChI is InChI=1S/C15H30N6/c1-6-7-17-13-10-14(19-15(16)18-13)21(11-12(2)3)9-8-20(4)5/h10,12H,6-9,11H2,1-5H3,(H3,16,17,18,19). The van der Waals surface area contributed by atoms with Crippen LogP contribution in [0.4, 0.5) is 17.6 Å². The lowest BCUT2D eigenvalue weighted by Crippen LogP contribution is -2.35. The number of aromatic nitrogens is 2. The highest BCUT2D eigenvalue weighted by atomic mass is 15.2. The Kier molecular flexibility index (Phi) is 7.22. The Morgan fingerprint density at radius 3 is 2.52 bits per heavy atom. The Labute approximate surface area is 128 Å². The number of likely N-dealkylation sites (N-methyl/N-ethyl adjacent to an activating group) is 1. The van der Waals surface area contributed by atoms with Crippen LogP contribution < -0.4 is 16.0 Å². The molecule has 1 aromatic heterocycles. The second-order valence-corrected chi connectivity index (χ2v) is 6.04. The van der Waals surface area contributed by atoms with Crippen LogP contribution in [0.1, 0.15) is 27.2 Å². The molecule has 6 nitrogen and oxygen atoms in total. The maximum Gasteiger partial charge on any atom is 0.223 e. The number of nitrogen functional groups attached to an aromatic ring is 1. The third-order valence-electron chi connectivity index (χ3n) is 3.01. The zero-order valence-corrected chi connectivity index (χ0v) is 14.1. The van der Waals surface area contributed by atoms with E-state index < -0.39 is 0 Å². The van der Waals surface area contributed by atoms with Gasteiger partial charge in [-0.3, -0.25) is 0 Å². The van der Waals surface area contributed by atoms with Crippen molar-refractivity contribution in [3.05, 3.63) is 6.07 Å². The highest BCUT2D eigenvalue weighted by Crippen LogP contribution is 2.18. The van der Waals surface area contributed by atoms with E-state index in [-0.39, 0.29) is 0 Å². The fourth-order valence-electron chi connectivity index (χ4n) is 2.02. The van der Waals surface area contributed by atoms with E-state index in [1.165, 1.54) is 0 Å². The van der Waals surface area contributed by atoms with Crippen molar-refractivity contribution in [2.75, 3.05) is 56.2 Å². The van der Waals surface area contributed by atoms with Gasteiger partial charge in [-0.1, -0.05) is 20.8 Å². The van der Waals surface area contributed by atoms with Crippen molar-refractivity contribution in [1.29, 1.82) is 0 Å². The summed E-state index contributed by atoms with van der Waals surface area (Å²) in [5, 5.41) is 3.28. The fraction of sp³-hybridized carbons (Fsp3) is 0.733. The van der Waals surface area contributed by atoms with Gasteiger partial charge in [-0.25, -0.2) is 0 Å². The summed E-state index contributed by atoms with van der Waals surface area (Å²) in [6.07, 6.45) is 1.05. The van der Waals surface area contributed by atoms with Gasteiger partial charge in [-0.15, -0.1) is 0 Å². The van der Waals surface area contributed by atoms with Crippen LogP contribution in [0, 0.1) is 5.92 Å². The minimum atomic E-state index is 0.324. The first-order valence-corrected chi connectivity index (χ1v) is 7.70. The first-order valence-electron chi connectivity index (χ1n) is 7.70. The van der Waals surface area contributed by atoms with Gasteiger partial charge in [-0.05, 0) is 26.4 Å². The molecule has 0 aromatic carbocycles. The Bertz CT molecular complexity index is 419. The molecule has 21 heavy (non-hydrogen) atoms. The summed E-state index contributed by atoms with van der Waals surface area (Å²) >= 11 is 0. The number of rotatable bonds is 9. The Balaban J connectivity index is 2.90. The predicted octanol–water partition coefficient (Wildman–Crippen LogP) is 1.90. The van der Waals surface area contributed by atoms with Gasteiger partial charge in [-0.2, -0.15) is 9.97 Å². The van der Waals surface area contributed by atoms with Crippen molar-refractivity contribution < 1.29 is 0 Å². The zero-order valence-electron chi connectivity index (χ0n) is 14.1. The number of nitrogens with zero attached hydrogens (tertiary/aromatic N) is 4. The molecule has 0 bridgehead atoms. The van der Waals surface area contributed by atoms with Gasteiger partial charge in [0, 0.05) is 32.2 Å². The van der Waals surface area contributed by atoms with Crippen molar-refractivity contribution >= 4 is 17.6 Å².